The third-order valence-electron chi connectivity index (χ3n) is 1.59. The molecule has 0 rings (SSSR count). The number of hydrogen-bond donors (Lipinski definition) is 2. The van der Waals surface area contributed by atoms with E-state index in [-0.39, 0.29) is 6.61 Å². The van der Waals surface area contributed by atoms with Gasteiger partial charge in [-0.3, -0.25) is 0 Å². The molecule has 0 aromatic rings. The molecule has 1 N–H and O–H groups in total. The molecule has 0 saturated heterocycles. The topological polar surface area (TPSA) is 38.7 Å². The van der Waals surface area contributed by atoms with Gasteiger partial charge in [-0.05, 0) is 19.0 Å². The van der Waals surface area contributed by atoms with Crippen LogP contribution in [0.4, 0.5) is 0 Å². The fraction of sp³-hybridized carbons (Fsp3) is 1.00. The lowest BCUT2D eigenvalue weighted by molar-refractivity contribution is 0.230. The van der Waals surface area contributed by atoms with Gasteiger partial charge in [-0.15, -0.1) is 0 Å². The Morgan fingerprint density at radius 2 is 2.18 bits per heavy atom. The van der Waals surface area contributed by atoms with Crippen LogP contribution in [0.3, 0.4) is 0 Å². The standard InChI is InChI=1S/C6H16O3SSi/c1-8-11(2,9-6-10)5-3-4-7/h7,10H,3-6H2,1-2H3. The van der Waals surface area contributed by atoms with Gasteiger partial charge in [0.2, 0.25) is 0 Å². The van der Waals surface area contributed by atoms with Crippen molar-refractivity contribution in [3.63, 3.8) is 0 Å². The number of thiol groups is 1. The normalized spacial score (nSPS) is 16.4. The minimum absolute atomic E-state index is 0.196. The van der Waals surface area contributed by atoms with E-state index in [1.807, 2.05) is 6.55 Å². The van der Waals surface area contributed by atoms with Gasteiger partial charge in [0.25, 0.3) is 0 Å². The lowest BCUT2D eigenvalue weighted by Crippen LogP contribution is -2.37. The highest BCUT2D eigenvalue weighted by Crippen LogP contribution is 2.14. The van der Waals surface area contributed by atoms with E-state index in [0.29, 0.717) is 5.94 Å². The molecule has 5 heteroatoms. The van der Waals surface area contributed by atoms with Gasteiger partial charge >= 0.3 is 8.56 Å². The molecule has 1 unspecified atom stereocenters. The van der Waals surface area contributed by atoms with Gasteiger partial charge in [0.05, 0.1) is 5.94 Å². The summed E-state index contributed by atoms with van der Waals surface area (Å²) in [5, 5.41) is 8.59. The second-order valence-electron chi connectivity index (χ2n) is 2.44. The van der Waals surface area contributed by atoms with Gasteiger partial charge in [-0.2, -0.15) is 12.6 Å². The maximum absolute atomic E-state index is 8.59. The van der Waals surface area contributed by atoms with Gasteiger partial charge < -0.3 is 14.0 Å². The smallest absolute Gasteiger partial charge is 0.335 e. The molecule has 0 aliphatic heterocycles. The highest BCUT2D eigenvalue weighted by atomic mass is 32.1. The van der Waals surface area contributed by atoms with E-state index < -0.39 is 8.56 Å². The second kappa shape index (κ2) is 6.02. The zero-order valence-corrected chi connectivity index (χ0v) is 8.93. The Morgan fingerprint density at radius 3 is 2.55 bits per heavy atom. The summed E-state index contributed by atoms with van der Waals surface area (Å²) in [6.45, 7) is 2.17. The summed E-state index contributed by atoms with van der Waals surface area (Å²) in [6, 6.07) is 0.820. The van der Waals surface area contributed by atoms with Crippen molar-refractivity contribution in [1.82, 2.24) is 0 Å². The first-order valence-corrected chi connectivity index (χ1v) is 6.75. The predicted octanol–water partition coefficient (Wildman–Crippen LogP) is 0.991. The molecule has 0 spiro atoms. The number of rotatable bonds is 6. The molecule has 68 valence electrons. The minimum Gasteiger partial charge on any atom is -0.398 e. The molecule has 11 heavy (non-hydrogen) atoms. The van der Waals surface area contributed by atoms with Gasteiger partial charge in [0.15, 0.2) is 0 Å². The van der Waals surface area contributed by atoms with Crippen LogP contribution in [0.1, 0.15) is 6.42 Å². The minimum atomic E-state index is -1.98. The van der Waals surface area contributed by atoms with E-state index >= 15 is 0 Å². The van der Waals surface area contributed by atoms with Gasteiger partial charge in [-0.1, -0.05) is 0 Å². The van der Waals surface area contributed by atoms with Crippen molar-refractivity contribution in [3.8, 4) is 0 Å². The molecular weight excluding hydrogens is 180 g/mol. The van der Waals surface area contributed by atoms with Crippen molar-refractivity contribution in [3.05, 3.63) is 0 Å². The molecule has 0 radical (unpaired) electrons. The fourth-order valence-corrected chi connectivity index (χ4v) is 3.13. The Hall–Kier alpha value is 0.447. The molecule has 3 nitrogen and oxygen atoms in total. The van der Waals surface area contributed by atoms with Crippen molar-refractivity contribution >= 4 is 21.2 Å². The predicted molar refractivity (Wildman–Crippen MR) is 50.1 cm³/mol. The van der Waals surface area contributed by atoms with Crippen molar-refractivity contribution in [2.75, 3.05) is 19.7 Å². The summed E-state index contributed by atoms with van der Waals surface area (Å²) in [4.78, 5) is 0. The summed E-state index contributed by atoms with van der Waals surface area (Å²) in [5.74, 6) is 0.391. The molecule has 0 fully saturated rings. The van der Waals surface area contributed by atoms with Crippen LogP contribution in [-0.4, -0.2) is 33.3 Å². The average Bonchev–Trinajstić information content (AvgIpc) is 2.02. The van der Waals surface area contributed by atoms with Crippen molar-refractivity contribution in [2.45, 2.75) is 19.0 Å². The Bertz CT molecular complexity index is 104. The van der Waals surface area contributed by atoms with Crippen LogP contribution in [0.15, 0.2) is 0 Å². The zero-order valence-electron chi connectivity index (χ0n) is 7.04. The first-order valence-electron chi connectivity index (χ1n) is 3.59. The van der Waals surface area contributed by atoms with Crippen LogP contribution in [-0.2, 0) is 8.85 Å². The van der Waals surface area contributed by atoms with Crippen LogP contribution in [0.2, 0.25) is 12.6 Å². The van der Waals surface area contributed by atoms with E-state index in [1.54, 1.807) is 7.11 Å². The molecule has 0 amide bonds. The van der Waals surface area contributed by atoms with Crippen molar-refractivity contribution < 1.29 is 14.0 Å². The van der Waals surface area contributed by atoms with Gasteiger partial charge in [-0.25, -0.2) is 0 Å². The number of hydrogen-bond acceptors (Lipinski definition) is 4. The summed E-state index contributed by atoms with van der Waals surface area (Å²) in [5.41, 5.74) is 0. The molecule has 0 saturated carbocycles. The first-order chi connectivity index (χ1) is 5.18. The second-order valence-corrected chi connectivity index (χ2v) is 6.16. The molecular formula is C6H16O3SSi. The summed E-state index contributed by atoms with van der Waals surface area (Å²) in [6.07, 6.45) is 0.740. The molecule has 0 bridgehead atoms. The van der Waals surface area contributed by atoms with Gasteiger partial charge in [0.1, 0.15) is 0 Å². The highest BCUT2D eigenvalue weighted by Gasteiger charge is 2.28. The van der Waals surface area contributed by atoms with E-state index in [2.05, 4.69) is 12.6 Å². The number of aliphatic hydroxyl groups excluding tert-OH is 1. The van der Waals surface area contributed by atoms with E-state index in [1.165, 1.54) is 0 Å². The fourth-order valence-electron chi connectivity index (χ4n) is 0.770. The summed E-state index contributed by atoms with van der Waals surface area (Å²) >= 11 is 3.96. The highest BCUT2D eigenvalue weighted by molar-refractivity contribution is 7.80. The zero-order chi connectivity index (χ0) is 8.74. The van der Waals surface area contributed by atoms with Crippen molar-refractivity contribution in [2.24, 2.45) is 0 Å². The molecule has 0 aromatic heterocycles. The van der Waals surface area contributed by atoms with Crippen LogP contribution in [0.5, 0.6) is 0 Å². The van der Waals surface area contributed by atoms with Crippen LogP contribution in [0, 0.1) is 0 Å². The molecule has 1 atom stereocenters. The van der Waals surface area contributed by atoms with E-state index in [4.69, 9.17) is 14.0 Å². The molecule has 0 aliphatic carbocycles. The number of aliphatic hydroxyl groups is 1. The summed E-state index contributed by atoms with van der Waals surface area (Å²) < 4.78 is 10.6. The lowest BCUT2D eigenvalue weighted by atomic mass is 10.5. The summed E-state index contributed by atoms with van der Waals surface area (Å²) in [7, 11) is -0.335. The molecule has 0 aromatic carbocycles. The van der Waals surface area contributed by atoms with Crippen molar-refractivity contribution in [1.29, 1.82) is 0 Å². The monoisotopic (exact) mass is 196 g/mol. The Labute approximate surface area is 74.4 Å². The maximum Gasteiger partial charge on any atom is 0.335 e. The van der Waals surface area contributed by atoms with E-state index in [9.17, 15) is 0 Å². The third kappa shape index (κ3) is 4.81. The molecule has 0 aliphatic rings. The van der Waals surface area contributed by atoms with Crippen LogP contribution in [0.25, 0.3) is 0 Å². The van der Waals surface area contributed by atoms with Crippen LogP contribution < -0.4 is 0 Å². The van der Waals surface area contributed by atoms with Gasteiger partial charge in [0, 0.05) is 13.7 Å². The van der Waals surface area contributed by atoms with E-state index in [0.717, 1.165) is 12.5 Å². The lowest BCUT2D eigenvalue weighted by Gasteiger charge is -2.23. The Morgan fingerprint density at radius 1 is 1.55 bits per heavy atom. The maximum atomic E-state index is 8.59. The SMILES string of the molecule is CO[Si](C)(CCCO)OCS. The largest absolute Gasteiger partial charge is 0.398 e. The quantitative estimate of drug-likeness (QED) is 0.378. The third-order valence-corrected chi connectivity index (χ3v) is 4.84. The Kier molecular flexibility index (Phi) is 6.26. The first kappa shape index (κ1) is 11.4. The Balaban J connectivity index is 3.68. The average molecular weight is 196 g/mol. The van der Waals surface area contributed by atoms with Crippen LogP contribution >= 0.6 is 12.6 Å². The molecule has 0 heterocycles.